The van der Waals surface area contributed by atoms with E-state index in [1.807, 2.05) is 25.3 Å². The predicted molar refractivity (Wildman–Crippen MR) is 142 cm³/mol. The summed E-state index contributed by atoms with van der Waals surface area (Å²) in [7, 11) is 0. The van der Waals surface area contributed by atoms with E-state index in [-0.39, 0.29) is 11.1 Å². The molecular formula is C29H32ClF3N2. The van der Waals surface area contributed by atoms with Crippen molar-refractivity contribution in [2.24, 2.45) is 10.9 Å². The van der Waals surface area contributed by atoms with E-state index in [1.165, 1.54) is 17.2 Å². The maximum Gasteiger partial charge on any atom is 0.416 e. The number of aliphatic imine (C=N–C) groups is 1. The third-order valence-electron chi connectivity index (χ3n) is 6.31. The summed E-state index contributed by atoms with van der Waals surface area (Å²) < 4.78 is 39.4. The van der Waals surface area contributed by atoms with Crippen LogP contribution in [-0.4, -0.2) is 12.3 Å². The van der Waals surface area contributed by atoms with E-state index in [0.29, 0.717) is 23.6 Å². The topological polar surface area (TPSA) is 38.4 Å². The van der Waals surface area contributed by atoms with Gasteiger partial charge in [-0.05, 0) is 72.1 Å². The first-order chi connectivity index (χ1) is 16.5. The van der Waals surface area contributed by atoms with E-state index in [1.54, 1.807) is 6.07 Å². The number of nitrogen functional groups attached to an aromatic ring is 1. The molecule has 186 valence electrons. The summed E-state index contributed by atoms with van der Waals surface area (Å²) in [5.74, 6) is 0.461. The minimum absolute atomic E-state index is 0.0278. The zero-order valence-electron chi connectivity index (χ0n) is 20.4. The van der Waals surface area contributed by atoms with Gasteiger partial charge >= 0.3 is 6.18 Å². The number of hydrogen-bond donors (Lipinski definition) is 1. The first kappa shape index (κ1) is 26.8. The Morgan fingerprint density at radius 2 is 1.83 bits per heavy atom. The fourth-order valence-electron chi connectivity index (χ4n) is 4.41. The molecule has 2 aromatic rings. The van der Waals surface area contributed by atoms with Crippen LogP contribution in [0.3, 0.4) is 0 Å². The van der Waals surface area contributed by atoms with Crippen LogP contribution in [0.2, 0.25) is 5.02 Å². The van der Waals surface area contributed by atoms with E-state index < -0.39 is 11.7 Å². The molecule has 0 aromatic heterocycles. The fourth-order valence-corrected chi connectivity index (χ4v) is 4.70. The minimum Gasteiger partial charge on any atom is -0.398 e. The highest BCUT2D eigenvalue weighted by Gasteiger charge is 2.31. The van der Waals surface area contributed by atoms with Gasteiger partial charge in [-0.2, -0.15) is 13.2 Å². The smallest absolute Gasteiger partial charge is 0.398 e. The van der Waals surface area contributed by atoms with Crippen molar-refractivity contribution in [1.29, 1.82) is 0 Å². The molecule has 2 nitrogen and oxygen atoms in total. The van der Waals surface area contributed by atoms with E-state index in [9.17, 15) is 13.2 Å². The lowest BCUT2D eigenvalue weighted by Gasteiger charge is -2.22. The molecule has 1 atom stereocenters. The quantitative estimate of drug-likeness (QED) is 0.285. The highest BCUT2D eigenvalue weighted by Crippen LogP contribution is 2.38. The number of anilines is 1. The van der Waals surface area contributed by atoms with Gasteiger partial charge < -0.3 is 5.73 Å². The average molecular weight is 501 g/mol. The Balaban J connectivity index is 2.04. The number of alkyl halides is 3. The number of hydrogen-bond acceptors (Lipinski definition) is 2. The van der Waals surface area contributed by atoms with Crippen molar-refractivity contribution in [3.63, 3.8) is 0 Å². The molecule has 0 saturated carbocycles. The molecule has 0 fully saturated rings. The van der Waals surface area contributed by atoms with Crippen LogP contribution in [0, 0.1) is 5.92 Å². The summed E-state index contributed by atoms with van der Waals surface area (Å²) in [5, 5.41) is 0.0528. The summed E-state index contributed by atoms with van der Waals surface area (Å²) in [5.41, 5.74) is 11.7. The molecule has 2 aromatic carbocycles. The molecule has 0 heterocycles. The maximum atomic E-state index is 13.1. The van der Waals surface area contributed by atoms with Crippen molar-refractivity contribution in [3.8, 4) is 11.1 Å². The summed E-state index contributed by atoms with van der Waals surface area (Å²) in [4.78, 5) is 4.97. The Labute approximate surface area is 211 Å². The monoisotopic (exact) mass is 500 g/mol. The molecule has 0 radical (unpaired) electrons. The van der Waals surface area contributed by atoms with Gasteiger partial charge in [-0.1, -0.05) is 69.3 Å². The molecule has 35 heavy (non-hydrogen) atoms. The number of halogens is 4. The van der Waals surface area contributed by atoms with Gasteiger partial charge in [0.1, 0.15) is 0 Å². The Bertz CT molecular complexity index is 1170. The van der Waals surface area contributed by atoms with Crippen LogP contribution in [0.25, 0.3) is 11.1 Å². The van der Waals surface area contributed by atoms with Crippen molar-refractivity contribution in [1.82, 2.24) is 0 Å². The van der Waals surface area contributed by atoms with Crippen molar-refractivity contribution in [2.45, 2.75) is 58.7 Å². The Morgan fingerprint density at radius 3 is 2.37 bits per heavy atom. The highest BCUT2D eigenvalue weighted by atomic mass is 35.5. The standard InChI is InChI=1S/C29H32ClF3N2/c1-5-19-7-9-20(10-8-19)28(15-18(3)4)35-17-25-22(6-2)23(13-14-27(25)34)24-12-11-21(16-26(24)30)29(31,32)33/h5,7,9,11-14,16-18,28H,1,6,8,10,15,34H2,2-4H3. The molecule has 0 aliphatic heterocycles. The van der Waals surface area contributed by atoms with Crippen LogP contribution in [0.1, 0.15) is 56.7 Å². The normalized spacial score (nSPS) is 15.3. The van der Waals surface area contributed by atoms with E-state index in [0.717, 1.165) is 48.1 Å². The van der Waals surface area contributed by atoms with Crippen LogP contribution >= 0.6 is 11.6 Å². The first-order valence-electron chi connectivity index (χ1n) is 11.9. The lowest BCUT2D eigenvalue weighted by molar-refractivity contribution is -0.137. The van der Waals surface area contributed by atoms with Gasteiger partial charge in [-0.25, -0.2) is 0 Å². The SMILES string of the molecule is C=CC1=CC=C(C(CC(C)C)N=Cc2c(N)ccc(-c3ccc(C(F)(F)F)cc3Cl)c2CC)CC1. The third-order valence-corrected chi connectivity index (χ3v) is 6.63. The van der Waals surface area contributed by atoms with Gasteiger partial charge in [-0.3, -0.25) is 4.99 Å². The molecule has 0 amide bonds. The first-order valence-corrected chi connectivity index (χ1v) is 12.3. The van der Waals surface area contributed by atoms with Crippen molar-refractivity contribution < 1.29 is 13.2 Å². The molecule has 1 unspecified atom stereocenters. The zero-order valence-corrected chi connectivity index (χ0v) is 21.2. The summed E-state index contributed by atoms with van der Waals surface area (Å²) in [6.45, 7) is 10.2. The number of allylic oxidation sites excluding steroid dienone is 4. The Morgan fingerprint density at radius 1 is 1.11 bits per heavy atom. The van der Waals surface area contributed by atoms with Gasteiger partial charge in [0.05, 0.1) is 11.6 Å². The molecule has 1 aliphatic carbocycles. The molecule has 1 aliphatic rings. The Hall–Kier alpha value is -2.79. The van der Waals surface area contributed by atoms with E-state index in [2.05, 4.69) is 32.6 Å². The second kappa shape index (κ2) is 11.3. The van der Waals surface area contributed by atoms with Gasteiger partial charge in [0.2, 0.25) is 0 Å². The fraction of sp³-hybridized carbons (Fsp3) is 0.345. The van der Waals surface area contributed by atoms with Crippen molar-refractivity contribution >= 4 is 23.5 Å². The maximum absolute atomic E-state index is 13.1. The lowest BCUT2D eigenvalue weighted by Crippen LogP contribution is -2.14. The molecule has 6 heteroatoms. The lowest BCUT2D eigenvalue weighted by atomic mass is 9.89. The number of nitrogens with zero attached hydrogens (tertiary/aromatic N) is 1. The molecule has 0 spiro atoms. The average Bonchev–Trinajstić information content (AvgIpc) is 2.81. The van der Waals surface area contributed by atoms with Crippen LogP contribution in [-0.2, 0) is 12.6 Å². The minimum atomic E-state index is -4.45. The van der Waals surface area contributed by atoms with Crippen molar-refractivity contribution in [2.75, 3.05) is 5.73 Å². The van der Waals surface area contributed by atoms with E-state index in [4.69, 9.17) is 22.3 Å². The van der Waals surface area contributed by atoms with Gasteiger partial charge in [0, 0.05) is 28.1 Å². The second-order valence-electron chi connectivity index (χ2n) is 9.25. The largest absolute Gasteiger partial charge is 0.416 e. The molecular weight excluding hydrogens is 469 g/mol. The number of benzene rings is 2. The van der Waals surface area contributed by atoms with Gasteiger partial charge in [-0.15, -0.1) is 0 Å². The summed E-state index contributed by atoms with van der Waals surface area (Å²) in [6, 6.07) is 7.07. The number of rotatable bonds is 8. The van der Waals surface area contributed by atoms with Gasteiger partial charge in [0.25, 0.3) is 0 Å². The second-order valence-corrected chi connectivity index (χ2v) is 9.66. The highest BCUT2D eigenvalue weighted by molar-refractivity contribution is 6.33. The van der Waals surface area contributed by atoms with Crippen molar-refractivity contribution in [3.05, 3.63) is 88.0 Å². The van der Waals surface area contributed by atoms with E-state index >= 15 is 0 Å². The third kappa shape index (κ3) is 6.46. The molecule has 2 N–H and O–H groups in total. The molecule has 3 rings (SSSR count). The summed E-state index contributed by atoms with van der Waals surface area (Å²) >= 11 is 6.32. The molecule has 0 saturated heterocycles. The van der Waals surface area contributed by atoms with Crippen LogP contribution in [0.5, 0.6) is 0 Å². The predicted octanol–water partition coefficient (Wildman–Crippen LogP) is 8.84. The van der Waals surface area contributed by atoms with Crippen LogP contribution in [0.15, 0.2) is 71.3 Å². The van der Waals surface area contributed by atoms with Crippen LogP contribution < -0.4 is 5.73 Å². The van der Waals surface area contributed by atoms with Gasteiger partial charge in [0.15, 0.2) is 0 Å². The molecule has 0 bridgehead atoms. The summed E-state index contributed by atoms with van der Waals surface area (Å²) in [6.07, 6.45) is 6.94. The zero-order chi connectivity index (χ0) is 25.8. The van der Waals surface area contributed by atoms with Crippen LogP contribution in [0.4, 0.5) is 18.9 Å². The Kier molecular flexibility index (Phi) is 8.65. The number of nitrogens with two attached hydrogens (primary N) is 1.